The molecule has 0 aliphatic carbocycles. The quantitative estimate of drug-likeness (QED) is 0.640. The van der Waals surface area contributed by atoms with E-state index in [0.29, 0.717) is 31.6 Å². The van der Waals surface area contributed by atoms with Gasteiger partial charge in [-0.05, 0) is 12.5 Å². The number of carbonyl (C=O) groups excluding carboxylic acids is 1. The number of hydrogen-bond acceptors (Lipinski definition) is 5. The molecule has 0 saturated carbocycles. The van der Waals surface area contributed by atoms with E-state index >= 15 is 0 Å². The first-order chi connectivity index (χ1) is 10.9. The number of likely N-dealkylation sites (tertiary alicyclic amines) is 1. The number of nitrogens with one attached hydrogen (secondary N) is 1. The molecule has 0 bridgehead atoms. The monoisotopic (exact) mass is 329 g/mol. The molecule has 7 nitrogen and oxygen atoms in total. The summed E-state index contributed by atoms with van der Waals surface area (Å²) in [5, 5.41) is 13.9. The van der Waals surface area contributed by atoms with Crippen LogP contribution in [0.1, 0.15) is 19.8 Å². The number of nitrogens with zero attached hydrogens (tertiary/aromatic N) is 2. The number of anilines is 1. The van der Waals surface area contributed by atoms with Gasteiger partial charge in [-0.3, -0.25) is 14.9 Å². The standard InChI is InChI=1S/C14H17F2N3O4/c1-2-13(20)18-6-5-10(8-18)17-9-3-4-11(19(21)22)12(7-9)23-14(15)16/h3-4,7,10,14,17H,2,5-6,8H2,1H3. The van der Waals surface area contributed by atoms with Gasteiger partial charge in [-0.15, -0.1) is 0 Å². The molecule has 23 heavy (non-hydrogen) atoms. The zero-order chi connectivity index (χ0) is 17.0. The van der Waals surface area contributed by atoms with Gasteiger partial charge in [0, 0.05) is 43.4 Å². The molecule has 0 radical (unpaired) electrons. The Morgan fingerprint density at radius 3 is 2.91 bits per heavy atom. The average molecular weight is 329 g/mol. The Balaban J connectivity index is 2.09. The lowest BCUT2D eigenvalue weighted by atomic mass is 10.2. The highest BCUT2D eigenvalue weighted by Gasteiger charge is 2.26. The maximum Gasteiger partial charge on any atom is 0.387 e. The van der Waals surface area contributed by atoms with E-state index in [-0.39, 0.29) is 11.9 Å². The molecule has 1 aliphatic rings. The number of carbonyl (C=O) groups is 1. The van der Waals surface area contributed by atoms with Crippen LogP contribution >= 0.6 is 0 Å². The second-order valence-corrected chi connectivity index (χ2v) is 5.14. The van der Waals surface area contributed by atoms with Crippen molar-refractivity contribution in [1.82, 2.24) is 4.90 Å². The highest BCUT2D eigenvalue weighted by atomic mass is 19.3. The average Bonchev–Trinajstić information content (AvgIpc) is 2.94. The third-order valence-corrected chi connectivity index (χ3v) is 3.59. The summed E-state index contributed by atoms with van der Waals surface area (Å²) in [6.07, 6.45) is 1.14. The second kappa shape index (κ2) is 7.21. The predicted octanol–water partition coefficient (Wildman–Crippen LogP) is 2.62. The number of benzene rings is 1. The van der Waals surface area contributed by atoms with Crippen LogP contribution in [-0.4, -0.2) is 41.5 Å². The number of amides is 1. The van der Waals surface area contributed by atoms with Gasteiger partial charge in [-0.25, -0.2) is 0 Å². The van der Waals surface area contributed by atoms with E-state index in [0.717, 1.165) is 6.07 Å². The zero-order valence-electron chi connectivity index (χ0n) is 12.5. The highest BCUT2D eigenvalue weighted by Crippen LogP contribution is 2.32. The number of nitro benzene ring substituents is 1. The van der Waals surface area contributed by atoms with Crippen molar-refractivity contribution in [3.8, 4) is 5.75 Å². The molecule has 1 aliphatic heterocycles. The largest absolute Gasteiger partial charge is 0.427 e. The van der Waals surface area contributed by atoms with Crippen LogP contribution in [-0.2, 0) is 4.79 Å². The number of ether oxygens (including phenoxy) is 1. The van der Waals surface area contributed by atoms with Gasteiger partial charge in [0.15, 0.2) is 0 Å². The van der Waals surface area contributed by atoms with Crippen LogP contribution in [0.15, 0.2) is 18.2 Å². The smallest absolute Gasteiger partial charge is 0.387 e. The van der Waals surface area contributed by atoms with E-state index in [2.05, 4.69) is 10.1 Å². The molecular weight excluding hydrogens is 312 g/mol. The van der Waals surface area contributed by atoms with E-state index in [4.69, 9.17) is 0 Å². The molecule has 2 rings (SSSR count). The third-order valence-electron chi connectivity index (χ3n) is 3.59. The van der Waals surface area contributed by atoms with Crippen molar-refractivity contribution in [3.05, 3.63) is 28.3 Å². The molecule has 0 aromatic heterocycles. The number of hydrogen-bond donors (Lipinski definition) is 1. The summed E-state index contributed by atoms with van der Waals surface area (Å²) < 4.78 is 28.9. The fourth-order valence-electron chi connectivity index (χ4n) is 2.51. The lowest BCUT2D eigenvalue weighted by Crippen LogP contribution is -2.30. The lowest BCUT2D eigenvalue weighted by molar-refractivity contribution is -0.386. The van der Waals surface area contributed by atoms with Crippen molar-refractivity contribution >= 4 is 17.3 Å². The van der Waals surface area contributed by atoms with Gasteiger partial charge in [0.25, 0.3) is 0 Å². The van der Waals surface area contributed by atoms with Crippen LogP contribution in [0.3, 0.4) is 0 Å². The van der Waals surface area contributed by atoms with E-state index in [1.165, 1.54) is 12.1 Å². The minimum atomic E-state index is -3.15. The van der Waals surface area contributed by atoms with Crippen LogP contribution in [0.25, 0.3) is 0 Å². The van der Waals surface area contributed by atoms with Gasteiger partial charge < -0.3 is 15.0 Å². The van der Waals surface area contributed by atoms with E-state index in [1.54, 1.807) is 11.8 Å². The Morgan fingerprint density at radius 2 is 2.30 bits per heavy atom. The Labute approximate surface area is 131 Å². The van der Waals surface area contributed by atoms with Crippen molar-refractivity contribution in [1.29, 1.82) is 0 Å². The SMILES string of the molecule is CCC(=O)N1CCC(Nc2ccc([N+](=O)[O-])c(OC(F)F)c2)C1. The molecule has 1 unspecified atom stereocenters. The molecule has 1 fully saturated rings. The number of rotatable bonds is 6. The normalized spacial score (nSPS) is 17.4. The summed E-state index contributed by atoms with van der Waals surface area (Å²) >= 11 is 0. The first-order valence-corrected chi connectivity index (χ1v) is 7.18. The maximum absolute atomic E-state index is 12.4. The molecule has 1 N–H and O–H groups in total. The van der Waals surface area contributed by atoms with Gasteiger partial charge in [-0.1, -0.05) is 6.92 Å². The Bertz CT molecular complexity index is 597. The van der Waals surface area contributed by atoms with Crippen molar-refractivity contribution in [2.24, 2.45) is 0 Å². The van der Waals surface area contributed by atoms with Crippen molar-refractivity contribution in [3.63, 3.8) is 0 Å². The van der Waals surface area contributed by atoms with Crippen LogP contribution in [0.2, 0.25) is 0 Å². The predicted molar refractivity (Wildman–Crippen MR) is 78.6 cm³/mol. The molecule has 0 spiro atoms. The van der Waals surface area contributed by atoms with Gasteiger partial charge in [0.1, 0.15) is 0 Å². The summed E-state index contributed by atoms with van der Waals surface area (Å²) in [6.45, 7) is -0.229. The summed E-state index contributed by atoms with van der Waals surface area (Å²) in [4.78, 5) is 23.4. The molecule has 1 saturated heterocycles. The highest BCUT2D eigenvalue weighted by molar-refractivity contribution is 5.76. The fourth-order valence-corrected chi connectivity index (χ4v) is 2.51. The zero-order valence-corrected chi connectivity index (χ0v) is 12.5. The van der Waals surface area contributed by atoms with E-state index < -0.39 is 23.0 Å². The first-order valence-electron chi connectivity index (χ1n) is 7.18. The number of nitro groups is 1. The van der Waals surface area contributed by atoms with Gasteiger partial charge in [0.05, 0.1) is 4.92 Å². The molecule has 126 valence electrons. The van der Waals surface area contributed by atoms with Crippen LogP contribution in [0.4, 0.5) is 20.2 Å². The van der Waals surface area contributed by atoms with Crippen LogP contribution in [0.5, 0.6) is 5.75 Å². The summed E-state index contributed by atoms with van der Waals surface area (Å²) in [7, 11) is 0. The molecule has 9 heteroatoms. The fraction of sp³-hybridized carbons (Fsp3) is 0.500. The summed E-state index contributed by atoms with van der Waals surface area (Å²) in [5.41, 5.74) is -0.0906. The molecule has 1 amide bonds. The molecule has 1 aromatic carbocycles. The van der Waals surface area contributed by atoms with Crippen LogP contribution < -0.4 is 10.1 Å². The van der Waals surface area contributed by atoms with Crippen molar-refractivity contribution in [2.75, 3.05) is 18.4 Å². The lowest BCUT2D eigenvalue weighted by Gasteiger charge is -2.17. The molecular formula is C14H17F2N3O4. The van der Waals surface area contributed by atoms with E-state index in [1.807, 2.05) is 0 Å². The van der Waals surface area contributed by atoms with Gasteiger partial charge in [0.2, 0.25) is 11.7 Å². The van der Waals surface area contributed by atoms with Crippen molar-refractivity contribution < 1.29 is 23.2 Å². The second-order valence-electron chi connectivity index (χ2n) is 5.14. The minimum Gasteiger partial charge on any atom is -0.427 e. The molecule has 1 aromatic rings. The van der Waals surface area contributed by atoms with E-state index in [9.17, 15) is 23.7 Å². The Morgan fingerprint density at radius 1 is 1.57 bits per heavy atom. The van der Waals surface area contributed by atoms with Gasteiger partial charge in [-0.2, -0.15) is 8.78 Å². The maximum atomic E-state index is 12.4. The Hall–Kier alpha value is -2.45. The Kier molecular flexibility index (Phi) is 5.30. The van der Waals surface area contributed by atoms with Crippen LogP contribution in [0, 0.1) is 10.1 Å². The molecule has 1 heterocycles. The summed E-state index contributed by atoms with van der Waals surface area (Å²) in [5.74, 6) is -0.436. The molecule has 1 atom stereocenters. The van der Waals surface area contributed by atoms with Crippen molar-refractivity contribution in [2.45, 2.75) is 32.4 Å². The minimum absolute atomic E-state index is 0.0358. The number of alkyl halides is 2. The third kappa shape index (κ3) is 4.27. The summed E-state index contributed by atoms with van der Waals surface area (Å²) in [6, 6.07) is 3.69. The first kappa shape index (κ1) is 16.9. The van der Waals surface area contributed by atoms with Gasteiger partial charge >= 0.3 is 12.3 Å². The topological polar surface area (TPSA) is 84.7 Å². The number of halogens is 2.